The van der Waals surface area contributed by atoms with E-state index in [0.29, 0.717) is 18.9 Å². The first kappa shape index (κ1) is 18.8. The number of amides is 1. The third kappa shape index (κ3) is 5.00. The number of benzene rings is 3. The van der Waals surface area contributed by atoms with E-state index in [4.69, 9.17) is 9.47 Å². The summed E-state index contributed by atoms with van der Waals surface area (Å²) < 4.78 is 11.6. The van der Waals surface area contributed by atoms with E-state index in [9.17, 15) is 4.79 Å². The maximum Gasteiger partial charge on any atom is 0.260 e. The molecule has 0 spiro atoms. The molecule has 27 heavy (non-hydrogen) atoms. The van der Waals surface area contributed by atoms with Gasteiger partial charge in [-0.15, -0.1) is 0 Å². The van der Waals surface area contributed by atoms with Crippen molar-refractivity contribution in [3.63, 3.8) is 0 Å². The zero-order valence-electron chi connectivity index (χ0n) is 16.0. The van der Waals surface area contributed by atoms with E-state index < -0.39 is 6.10 Å². The average molecular weight is 363 g/mol. The maximum absolute atomic E-state index is 12.2. The Balaban J connectivity index is 1.49. The molecule has 0 bridgehead atoms. The molecular weight excluding hydrogens is 338 g/mol. The topological polar surface area (TPSA) is 47.6 Å². The number of fused-ring (bicyclic) bond motifs is 1. The minimum Gasteiger partial charge on any atom is -0.491 e. The number of hydrogen-bond donors (Lipinski definition) is 1. The van der Waals surface area contributed by atoms with E-state index >= 15 is 0 Å². The summed E-state index contributed by atoms with van der Waals surface area (Å²) in [5, 5.41) is 5.06. The van der Waals surface area contributed by atoms with Crippen molar-refractivity contribution in [3.05, 3.63) is 71.8 Å². The third-order valence-corrected chi connectivity index (χ3v) is 4.29. The van der Waals surface area contributed by atoms with E-state index in [0.717, 1.165) is 27.6 Å². The van der Waals surface area contributed by atoms with Gasteiger partial charge in [0.2, 0.25) is 0 Å². The predicted octanol–water partition coefficient (Wildman–Crippen LogP) is 4.42. The van der Waals surface area contributed by atoms with E-state index in [1.54, 1.807) is 6.92 Å². The summed E-state index contributed by atoms with van der Waals surface area (Å²) in [6.45, 7) is 6.58. The molecule has 0 saturated heterocycles. The molecule has 0 aliphatic rings. The molecule has 0 heterocycles. The number of nitrogens with one attached hydrogen (secondary N) is 1. The Hall–Kier alpha value is -3.01. The second kappa shape index (κ2) is 8.58. The molecule has 0 unspecified atom stereocenters. The Morgan fingerprint density at radius 1 is 1.00 bits per heavy atom. The minimum absolute atomic E-state index is 0.157. The van der Waals surface area contributed by atoms with Gasteiger partial charge in [-0.1, -0.05) is 42.5 Å². The zero-order chi connectivity index (χ0) is 19.2. The fourth-order valence-electron chi connectivity index (χ4n) is 3.06. The Kier molecular flexibility index (Phi) is 5.97. The standard InChI is InChI=1S/C23H25NO3/c1-16-13-17(2)15-20(14-16)27-18(3)23(25)24-11-12-26-22-10-6-8-19-7-4-5-9-21(19)22/h4-10,13-15,18H,11-12H2,1-3H3,(H,24,25)/t18-/m1/s1. The molecule has 0 radical (unpaired) electrons. The molecule has 0 aromatic heterocycles. The number of carbonyl (C=O) groups is 1. The van der Waals surface area contributed by atoms with Gasteiger partial charge in [0, 0.05) is 5.39 Å². The van der Waals surface area contributed by atoms with Crippen molar-refractivity contribution < 1.29 is 14.3 Å². The van der Waals surface area contributed by atoms with Crippen LogP contribution in [0.5, 0.6) is 11.5 Å². The lowest BCUT2D eigenvalue weighted by Crippen LogP contribution is -2.38. The maximum atomic E-state index is 12.2. The van der Waals surface area contributed by atoms with Crippen molar-refractivity contribution in [3.8, 4) is 11.5 Å². The molecule has 3 rings (SSSR count). The van der Waals surface area contributed by atoms with Crippen molar-refractivity contribution in [2.24, 2.45) is 0 Å². The van der Waals surface area contributed by atoms with Crippen LogP contribution >= 0.6 is 0 Å². The summed E-state index contributed by atoms with van der Waals surface area (Å²) in [7, 11) is 0. The van der Waals surface area contributed by atoms with Crippen LogP contribution in [0.2, 0.25) is 0 Å². The summed E-state index contributed by atoms with van der Waals surface area (Å²) in [4.78, 5) is 12.2. The number of hydrogen-bond acceptors (Lipinski definition) is 3. The van der Waals surface area contributed by atoms with Crippen LogP contribution in [-0.4, -0.2) is 25.2 Å². The Bertz CT molecular complexity index is 910. The van der Waals surface area contributed by atoms with Crippen molar-refractivity contribution in [2.75, 3.05) is 13.2 Å². The van der Waals surface area contributed by atoms with Gasteiger partial charge in [-0.3, -0.25) is 4.79 Å². The highest BCUT2D eigenvalue weighted by Crippen LogP contribution is 2.24. The van der Waals surface area contributed by atoms with Crippen LogP contribution in [0, 0.1) is 13.8 Å². The van der Waals surface area contributed by atoms with Crippen molar-refractivity contribution in [1.29, 1.82) is 0 Å². The number of aryl methyl sites for hydroxylation is 2. The van der Waals surface area contributed by atoms with Gasteiger partial charge in [-0.05, 0) is 55.5 Å². The van der Waals surface area contributed by atoms with Gasteiger partial charge in [0.15, 0.2) is 6.10 Å². The lowest BCUT2D eigenvalue weighted by molar-refractivity contribution is -0.127. The van der Waals surface area contributed by atoms with E-state index in [1.165, 1.54) is 0 Å². The van der Waals surface area contributed by atoms with Gasteiger partial charge in [0.05, 0.1) is 6.54 Å². The highest BCUT2D eigenvalue weighted by molar-refractivity contribution is 5.88. The van der Waals surface area contributed by atoms with Crippen LogP contribution in [0.3, 0.4) is 0 Å². The number of carbonyl (C=O) groups excluding carboxylic acids is 1. The molecule has 0 aliphatic carbocycles. The smallest absolute Gasteiger partial charge is 0.260 e. The van der Waals surface area contributed by atoms with Gasteiger partial charge in [0.1, 0.15) is 18.1 Å². The normalized spacial score (nSPS) is 11.8. The monoisotopic (exact) mass is 363 g/mol. The van der Waals surface area contributed by atoms with E-state index in [-0.39, 0.29) is 5.91 Å². The van der Waals surface area contributed by atoms with Crippen LogP contribution in [0.15, 0.2) is 60.7 Å². The zero-order valence-corrected chi connectivity index (χ0v) is 16.0. The van der Waals surface area contributed by atoms with Crippen molar-refractivity contribution in [1.82, 2.24) is 5.32 Å². The third-order valence-electron chi connectivity index (χ3n) is 4.29. The Morgan fingerprint density at radius 2 is 1.70 bits per heavy atom. The highest BCUT2D eigenvalue weighted by Gasteiger charge is 2.14. The molecular formula is C23H25NO3. The second-order valence-electron chi connectivity index (χ2n) is 6.70. The van der Waals surface area contributed by atoms with Crippen LogP contribution in [-0.2, 0) is 4.79 Å². The predicted molar refractivity (Wildman–Crippen MR) is 108 cm³/mol. The average Bonchev–Trinajstić information content (AvgIpc) is 2.64. The highest BCUT2D eigenvalue weighted by atomic mass is 16.5. The minimum atomic E-state index is -0.566. The summed E-state index contributed by atoms with van der Waals surface area (Å²) in [6.07, 6.45) is -0.566. The first-order valence-corrected chi connectivity index (χ1v) is 9.16. The molecule has 4 nitrogen and oxygen atoms in total. The molecule has 0 fully saturated rings. The second-order valence-corrected chi connectivity index (χ2v) is 6.70. The van der Waals surface area contributed by atoms with Gasteiger partial charge < -0.3 is 14.8 Å². The molecule has 3 aromatic carbocycles. The molecule has 1 amide bonds. The van der Waals surface area contributed by atoms with Gasteiger partial charge >= 0.3 is 0 Å². The SMILES string of the molecule is Cc1cc(C)cc(O[C@H](C)C(=O)NCCOc2cccc3ccccc23)c1. The molecule has 1 N–H and O–H groups in total. The van der Waals surface area contributed by atoms with Gasteiger partial charge in [0.25, 0.3) is 5.91 Å². The molecule has 3 aromatic rings. The van der Waals surface area contributed by atoms with Crippen LogP contribution in [0.1, 0.15) is 18.1 Å². The molecule has 4 heteroatoms. The van der Waals surface area contributed by atoms with Crippen molar-refractivity contribution in [2.45, 2.75) is 26.9 Å². The fraction of sp³-hybridized carbons (Fsp3) is 0.261. The van der Waals surface area contributed by atoms with Crippen molar-refractivity contribution >= 4 is 16.7 Å². The molecule has 1 atom stereocenters. The number of rotatable bonds is 7. The Labute approximate surface area is 160 Å². The van der Waals surface area contributed by atoms with Crippen LogP contribution in [0.4, 0.5) is 0 Å². The quantitative estimate of drug-likeness (QED) is 0.632. The van der Waals surface area contributed by atoms with E-state index in [1.807, 2.05) is 56.3 Å². The molecule has 0 aliphatic heterocycles. The first-order chi connectivity index (χ1) is 13.0. The lowest BCUT2D eigenvalue weighted by Gasteiger charge is -2.16. The van der Waals surface area contributed by atoms with Crippen LogP contribution in [0.25, 0.3) is 10.8 Å². The summed E-state index contributed by atoms with van der Waals surface area (Å²) in [6, 6.07) is 20.0. The van der Waals surface area contributed by atoms with Gasteiger partial charge in [-0.2, -0.15) is 0 Å². The van der Waals surface area contributed by atoms with Crippen LogP contribution < -0.4 is 14.8 Å². The molecule has 140 valence electrons. The molecule has 0 saturated carbocycles. The Morgan fingerprint density at radius 3 is 2.48 bits per heavy atom. The largest absolute Gasteiger partial charge is 0.491 e. The fourth-order valence-corrected chi connectivity index (χ4v) is 3.06. The van der Waals surface area contributed by atoms with E-state index in [2.05, 4.69) is 23.5 Å². The summed E-state index contributed by atoms with van der Waals surface area (Å²) in [5.41, 5.74) is 2.22. The lowest BCUT2D eigenvalue weighted by atomic mass is 10.1. The first-order valence-electron chi connectivity index (χ1n) is 9.16. The number of ether oxygens (including phenoxy) is 2. The summed E-state index contributed by atoms with van der Waals surface area (Å²) >= 11 is 0. The summed E-state index contributed by atoms with van der Waals surface area (Å²) in [5.74, 6) is 1.37. The van der Waals surface area contributed by atoms with Gasteiger partial charge in [-0.25, -0.2) is 0 Å².